The van der Waals surface area contributed by atoms with Crippen LogP contribution in [0.4, 0.5) is 21.8 Å². The van der Waals surface area contributed by atoms with Gasteiger partial charge < -0.3 is 21.1 Å². The average Bonchev–Trinajstić information content (AvgIpc) is 2.64. The normalized spacial score (nSPS) is 28.3. The molecule has 2 fully saturated rings. The summed E-state index contributed by atoms with van der Waals surface area (Å²) in [4.78, 5) is 30.1. The van der Waals surface area contributed by atoms with Crippen LogP contribution in [0.1, 0.15) is 32.1 Å². The first-order valence-corrected chi connectivity index (χ1v) is 8.99. The van der Waals surface area contributed by atoms with E-state index in [1.165, 1.54) is 0 Å². The quantitative estimate of drug-likeness (QED) is 0.494. The van der Waals surface area contributed by atoms with Crippen LogP contribution in [0.2, 0.25) is 0 Å². The van der Waals surface area contributed by atoms with E-state index in [1.54, 1.807) is 0 Å². The molecule has 1 amide bonds. The SMILES string of the molecule is NC(=O)[C@H]1CC[C@H](Nc2nc(N[C@H]3CCOC[C@@H]3F)ncc2[N+](=O)[O-])CC1. The van der Waals surface area contributed by atoms with Crippen LogP contribution in [-0.4, -0.2) is 52.3 Å². The Kier molecular flexibility index (Phi) is 5.99. The molecule has 2 aliphatic rings. The Morgan fingerprint density at radius 2 is 2.04 bits per heavy atom. The smallest absolute Gasteiger partial charge is 0.329 e. The average molecular weight is 382 g/mol. The lowest BCUT2D eigenvalue weighted by Crippen LogP contribution is -2.39. The first kappa shape index (κ1) is 19.2. The fourth-order valence-electron chi connectivity index (χ4n) is 3.43. The topological polar surface area (TPSA) is 145 Å². The lowest BCUT2D eigenvalue weighted by Gasteiger charge is -2.28. The zero-order chi connectivity index (χ0) is 19.4. The second-order valence-electron chi connectivity index (χ2n) is 6.91. The monoisotopic (exact) mass is 382 g/mol. The lowest BCUT2D eigenvalue weighted by molar-refractivity contribution is -0.384. The predicted molar refractivity (Wildman–Crippen MR) is 95.0 cm³/mol. The Bertz CT molecular complexity index is 697. The van der Waals surface area contributed by atoms with Gasteiger partial charge in [-0.15, -0.1) is 0 Å². The summed E-state index contributed by atoms with van der Waals surface area (Å²) in [7, 11) is 0. The van der Waals surface area contributed by atoms with E-state index in [2.05, 4.69) is 20.6 Å². The van der Waals surface area contributed by atoms with E-state index in [-0.39, 0.29) is 41.9 Å². The largest absolute Gasteiger partial charge is 0.378 e. The van der Waals surface area contributed by atoms with Crippen molar-refractivity contribution in [1.82, 2.24) is 9.97 Å². The predicted octanol–water partition coefficient (Wildman–Crippen LogP) is 1.38. The number of alkyl halides is 1. The highest BCUT2D eigenvalue weighted by Gasteiger charge is 2.29. The summed E-state index contributed by atoms with van der Waals surface area (Å²) in [5.74, 6) is -0.258. The van der Waals surface area contributed by atoms with E-state index in [1.807, 2.05) is 0 Å². The van der Waals surface area contributed by atoms with Gasteiger partial charge in [0.2, 0.25) is 17.7 Å². The maximum absolute atomic E-state index is 13.9. The number of carbonyl (C=O) groups is 1. The van der Waals surface area contributed by atoms with Crippen molar-refractivity contribution < 1.29 is 18.8 Å². The minimum atomic E-state index is -1.20. The number of nitrogens with one attached hydrogen (secondary N) is 2. The van der Waals surface area contributed by atoms with Crippen molar-refractivity contribution in [3.8, 4) is 0 Å². The van der Waals surface area contributed by atoms with Gasteiger partial charge in [-0.2, -0.15) is 4.98 Å². The van der Waals surface area contributed by atoms with Crippen LogP contribution in [0.3, 0.4) is 0 Å². The van der Waals surface area contributed by atoms with Gasteiger partial charge in [0, 0.05) is 18.6 Å². The lowest BCUT2D eigenvalue weighted by atomic mass is 9.85. The first-order chi connectivity index (χ1) is 12.9. The number of aromatic nitrogens is 2. The van der Waals surface area contributed by atoms with Gasteiger partial charge in [-0.05, 0) is 32.1 Å². The third-order valence-electron chi connectivity index (χ3n) is 5.04. The number of ether oxygens (including phenoxy) is 1. The molecule has 1 aliphatic heterocycles. The molecule has 1 aromatic rings. The third kappa shape index (κ3) is 4.79. The van der Waals surface area contributed by atoms with Gasteiger partial charge in [0.1, 0.15) is 12.4 Å². The van der Waals surface area contributed by atoms with Gasteiger partial charge in [0.05, 0.1) is 17.6 Å². The number of nitro groups is 1. The Morgan fingerprint density at radius 1 is 1.30 bits per heavy atom. The number of amides is 1. The minimum Gasteiger partial charge on any atom is -0.378 e. The molecule has 0 spiro atoms. The number of anilines is 2. The summed E-state index contributed by atoms with van der Waals surface area (Å²) in [6, 6.07) is -0.557. The standard InChI is InChI=1S/C16H23FN6O4/c17-11-8-27-6-5-12(11)21-16-19-7-13(23(25)26)15(22-16)20-10-3-1-9(2-4-10)14(18)24/h7,9-12H,1-6,8H2,(H2,18,24)(H2,19,20,21,22)/t9-,10-,11-,12-/m0/s1. The fraction of sp³-hybridized carbons (Fsp3) is 0.688. The summed E-state index contributed by atoms with van der Waals surface area (Å²) in [6.07, 6.45) is 2.94. The van der Waals surface area contributed by atoms with E-state index in [0.29, 0.717) is 38.7 Å². The minimum absolute atomic E-state index is 0.00113. The Balaban J connectivity index is 1.70. The third-order valence-corrected chi connectivity index (χ3v) is 5.04. The van der Waals surface area contributed by atoms with Gasteiger partial charge in [0.15, 0.2) is 0 Å². The molecule has 1 aliphatic carbocycles. The van der Waals surface area contributed by atoms with Gasteiger partial charge in [-0.1, -0.05) is 0 Å². The molecule has 3 rings (SSSR count). The van der Waals surface area contributed by atoms with Crippen LogP contribution in [0.25, 0.3) is 0 Å². The van der Waals surface area contributed by atoms with Crippen LogP contribution in [0.15, 0.2) is 6.20 Å². The van der Waals surface area contributed by atoms with Crippen molar-refractivity contribution in [2.45, 2.75) is 50.4 Å². The number of hydrogen-bond donors (Lipinski definition) is 3. The molecule has 2 atom stereocenters. The van der Waals surface area contributed by atoms with E-state index in [9.17, 15) is 19.3 Å². The van der Waals surface area contributed by atoms with Crippen LogP contribution in [0.5, 0.6) is 0 Å². The molecular weight excluding hydrogens is 359 g/mol. The number of carbonyl (C=O) groups excluding carboxylic acids is 1. The van der Waals surface area contributed by atoms with Crippen molar-refractivity contribution in [2.24, 2.45) is 11.7 Å². The molecule has 1 aromatic heterocycles. The van der Waals surface area contributed by atoms with E-state index in [0.717, 1.165) is 6.20 Å². The molecule has 0 bridgehead atoms. The number of nitrogens with zero attached hydrogens (tertiary/aromatic N) is 3. The summed E-state index contributed by atoms with van der Waals surface area (Å²) >= 11 is 0. The van der Waals surface area contributed by atoms with Gasteiger partial charge in [-0.25, -0.2) is 9.37 Å². The van der Waals surface area contributed by atoms with Crippen molar-refractivity contribution in [2.75, 3.05) is 23.8 Å². The fourth-order valence-corrected chi connectivity index (χ4v) is 3.43. The molecule has 1 saturated heterocycles. The molecule has 0 aromatic carbocycles. The number of rotatable bonds is 6. The molecule has 0 radical (unpaired) electrons. The Labute approximate surface area is 155 Å². The molecule has 11 heteroatoms. The second kappa shape index (κ2) is 8.42. The molecule has 10 nitrogen and oxygen atoms in total. The van der Waals surface area contributed by atoms with Crippen molar-refractivity contribution in [3.63, 3.8) is 0 Å². The van der Waals surface area contributed by atoms with Crippen molar-refractivity contribution >= 4 is 23.4 Å². The van der Waals surface area contributed by atoms with E-state index in [4.69, 9.17) is 10.5 Å². The van der Waals surface area contributed by atoms with Crippen molar-refractivity contribution in [3.05, 3.63) is 16.3 Å². The second-order valence-corrected chi connectivity index (χ2v) is 6.91. The number of primary amides is 1. The first-order valence-electron chi connectivity index (χ1n) is 8.99. The summed E-state index contributed by atoms with van der Waals surface area (Å²) in [5, 5.41) is 17.3. The van der Waals surface area contributed by atoms with E-state index < -0.39 is 17.1 Å². The number of hydrogen-bond acceptors (Lipinski definition) is 8. The summed E-state index contributed by atoms with van der Waals surface area (Å²) in [5.41, 5.74) is 5.08. The van der Waals surface area contributed by atoms with Gasteiger partial charge in [0.25, 0.3) is 0 Å². The zero-order valence-electron chi connectivity index (χ0n) is 14.8. The van der Waals surface area contributed by atoms with Gasteiger partial charge in [-0.3, -0.25) is 14.9 Å². The molecule has 0 unspecified atom stereocenters. The van der Waals surface area contributed by atoms with Gasteiger partial charge >= 0.3 is 5.69 Å². The highest BCUT2D eigenvalue weighted by molar-refractivity contribution is 5.76. The zero-order valence-corrected chi connectivity index (χ0v) is 14.8. The maximum Gasteiger partial charge on any atom is 0.329 e. The highest BCUT2D eigenvalue weighted by atomic mass is 19.1. The molecular formula is C16H23FN6O4. The van der Waals surface area contributed by atoms with E-state index >= 15 is 0 Å². The molecule has 4 N–H and O–H groups in total. The highest BCUT2D eigenvalue weighted by Crippen LogP contribution is 2.29. The Hall–Kier alpha value is -2.56. The van der Waals surface area contributed by atoms with Crippen LogP contribution in [0, 0.1) is 16.0 Å². The summed E-state index contributed by atoms with van der Waals surface area (Å²) < 4.78 is 19.0. The van der Waals surface area contributed by atoms with Crippen LogP contribution < -0.4 is 16.4 Å². The van der Waals surface area contributed by atoms with Crippen molar-refractivity contribution in [1.29, 1.82) is 0 Å². The number of halogens is 1. The Morgan fingerprint density at radius 3 is 2.67 bits per heavy atom. The van der Waals surface area contributed by atoms with Crippen LogP contribution >= 0.6 is 0 Å². The number of nitrogens with two attached hydrogens (primary N) is 1. The maximum atomic E-state index is 13.9. The van der Waals surface area contributed by atoms with Crippen LogP contribution in [-0.2, 0) is 9.53 Å². The molecule has 2 heterocycles. The molecule has 148 valence electrons. The molecule has 27 heavy (non-hydrogen) atoms. The summed E-state index contributed by atoms with van der Waals surface area (Å²) in [6.45, 7) is 0.429. The molecule has 1 saturated carbocycles.